The van der Waals surface area contributed by atoms with E-state index in [-0.39, 0.29) is 0 Å². The monoisotopic (exact) mass is 265 g/mol. The van der Waals surface area contributed by atoms with E-state index in [1.807, 2.05) is 10.9 Å². The summed E-state index contributed by atoms with van der Waals surface area (Å²) in [7, 11) is 0. The molecule has 3 rings (SSSR count). The lowest BCUT2D eigenvalue weighted by Crippen LogP contribution is -2.42. The molecule has 0 spiro atoms. The van der Waals surface area contributed by atoms with Crippen LogP contribution >= 0.6 is 11.3 Å². The minimum atomic E-state index is 0.319. The van der Waals surface area contributed by atoms with Crippen LogP contribution in [0.3, 0.4) is 0 Å². The zero-order chi connectivity index (χ0) is 12.4. The average Bonchev–Trinajstić information content (AvgIpc) is 2.93. The summed E-state index contributed by atoms with van der Waals surface area (Å²) in [5, 5.41) is 5.46. The van der Waals surface area contributed by atoms with Gasteiger partial charge < -0.3 is 10.2 Å². The highest BCUT2D eigenvalue weighted by molar-refractivity contribution is 7.07. The maximum atomic E-state index is 12.4. The number of aryl methyl sites for hydroxylation is 1. The van der Waals surface area contributed by atoms with Crippen LogP contribution in [0.5, 0.6) is 0 Å². The van der Waals surface area contributed by atoms with Crippen molar-refractivity contribution in [2.24, 2.45) is 0 Å². The third kappa shape index (κ3) is 2.42. The van der Waals surface area contributed by atoms with Gasteiger partial charge in [-0.3, -0.25) is 4.79 Å². The van der Waals surface area contributed by atoms with Crippen molar-refractivity contribution in [3.05, 3.63) is 16.6 Å². The predicted octanol–water partition coefficient (Wildman–Crippen LogP) is 1.43. The fourth-order valence-corrected chi connectivity index (χ4v) is 3.71. The van der Waals surface area contributed by atoms with E-state index in [1.165, 1.54) is 12.8 Å². The van der Waals surface area contributed by atoms with E-state index < -0.39 is 0 Å². The molecule has 0 aromatic carbocycles. The Morgan fingerprint density at radius 2 is 2.33 bits per heavy atom. The van der Waals surface area contributed by atoms with Crippen LogP contribution in [0.15, 0.2) is 10.9 Å². The number of fused-ring (bicyclic) bond motifs is 2. The molecule has 2 atom stereocenters. The molecule has 0 aliphatic carbocycles. The second-order valence-corrected chi connectivity index (χ2v) is 5.88. The third-order valence-electron chi connectivity index (χ3n) is 4.02. The Morgan fingerprint density at radius 3 is 3.17 bits per heavy atom. The smallest absolute Gasteiger partial charge is 0.223 e. The van der Waals surface area contributed by atoms with E-state index in [4.69, 9.17) is 0 Å². The van der Waals surface area contributed by atoms with Crippen LogP contribution in [0.2, 0.25) is 0 Å². The van der Waals surface area contributed by atoms with E-state index >= 15 is 0 Å². The molecule has 2 unspecified atom stereocenters. The summed E-state index contributed by atoms with van der Waals surface area (Å²) < 4.78 is 0. The molecule has 2 fully saturated rings. The quantitative estimate of drug-likeness (QED) is 0.899. The third-order valence-corrected chi connectivity index (χ3v) is 4.66. The number of thiazole rings is 1. The van der Waals surface area contributed by atoms with Gasteiger partial charge in [-0.05, 0) is 32.2 Å². The number of nitrogens with one attached hydrogen (secondary N) is 1. The first-order valence-corrected chi connectivity index (χ1v) is 7.68. The van der Waals surface area contributed by atoms with Gasteiger partial charge in [0.25, 0.3) is 0 Å². The summed E-state index contributed by atoms with van der Waals surface area (Å²) in [6.45, 7) is 2.02. The Balaban J connectivity index is 1.61. The second-order valence-electron chi connectivity index (χ2n) is 5.16. The molecule has 5 heteroatoms. The normalized spacial score (nSPS) is 27.2. The van der Waals surface area contributed by atoms with Crippen molar-refractivity contribution in [3.8, 4) is 0 Å². The van der Waals surface area contributed by atoms with Crippen molar-refractivity contribution >= 4 is 17.2 Å². The Morgan fingerprint density at radius 1 is 1.44 bits per heavy atom. The number of rotatable bonds is 3. The highest BCUT2D eigenvalue weighted by Gasteiger charge is 2.37. The second kappa shape index (κ2) is 5.36. The summed E-state index contributed by atoms with van der Waals surface area (Å²) in [5.74, 6) is 0.319. The van der Waals surface area contributed by atoms with Gasteiger partial charge in [0.15, 0.2) is 0 Å². The number of hydrogen-bond donors (Lipinski definition) is 1. The summed E-state index contributed by atoms with van der Waals surface area (Å²) in [6.07, 6.45) is 4.86. The molecule has 3 heterocycles. The molecular weight excluding hydrogens is 246 g/mol. The van der Waals surface area contributed by atoms with Gasteiger partial charge in [-0.15, -0.1) is 11.3 Å². The molecule has 2 bridgehead atoms. The van der Waals surface area contributed by atoms with Gasteiger partial charge in [-0.1, -0.05) is 0 Å². The SMILES string of the molecule is O=C(CCc1cscn1)N1C2CCNCC1CC2. The van der Waals surface area contributed by atoms with Crippen LogP contribution in [0.25, 0.3) is 0 Å². The fraction of sp³-hybridized carbons (Fsp3) is 0.692. The topological polar surface area (TPSA) is 45.2 Å². The van der Waals surface area contributed by atoms with Crippen LogP contribution < -0.4 is 5.32 Å². The number of carbonyl (C=O) groups is 1. The Labute approximate surface area is 111 Å². The molecule has 2 aliphatic rings. The maximum Gasteiger partial charge on any atom is 0.223 e. The van der Waals surface area contributed by atoms with E-state index in [2.05, 4.69) is 15.2 Å². The predicted molar refractivity (Wildman–Crippen MR) is 71.6 cm³/mol. The molecule has 0 radical (unpaired) electrons. The van der Waals surface area contributed by atoms with Gasteiger partial charge in [-0.2, -0.15) is 0 Å². The van der Waals surface area contributed by atoms with Crippen LogP contribution in [-0.2, 0) is 11.2 Å². The fourth-order valence-electron chi connectivity index (χ4n) is 3.11. The number of carbonyl (C=O) groups excluding carboxylic acids is 1. The lowest BCUT2D eigenvalue weighted by atomic mass is 10.1. The number of amides is 1. The van der Waals surface area contributed by atoms with Crippen LogP contribution in [0.4, 0.5) is 0 Å². The molecule has 1 amide bonds. The number of hydrogen-bond acceptors (Lipinski definition) is 4. The maximum absolute atomic E-state index is 12.4. The lowest BCUT2D eigenvalue weighted by Gasteiger charge is -2.27. The zero-order valence-corrected chi connectivity index (χ0v) is 11.3. The van der Waals surface area contributed by atoms with Crippen molar-refractivity contribution in [1.82, 2.24) is 15.2 Å². The summed E-state index contributed by atoms with van der Waals surface area (Å²) in [5.41, 5.74) is 2.88. The summed E-state index contributed by atoms with van der Waals surface area (Å²) in [6, 6.07) is 0.911. The minimum absolute atomic E-state index is 0.319. The van der Waals surface area contributed by atoms with Crippen molar-refractivity contribution < 1.29 is 4.79 Å². The van der Waals surface area contributed by atoms with Crippen molar-refractivity contribution in [2.45, 2.75) is 44.2 Å². The van der Waals surface area contributed by atoms with E-state index in [0.29, 0.717) is 24.4 Å². The number of aromatic nitrogens is 1. The van der Waals surface area contributed by atoms with E-state index in [1.54, 1.807) is 11.3 Å². The van der Waals surface area contributed by atoms with Crippen LogP contribution in [0.1, 0.15) is 31.4 Å². The van der Waals surface area contributed by atoms with Gasteiger partial charge in [0.1, 0.15) is 0 Å². The van der Waals surface area contributed by atoms with Crippen molar-refractivity contribution in [3.63, 3.8) is 0 Å². The molecule has 0 saturated carbocycles. The largest absolute Gasteiger partial charge is 0.335 e. The minimum Gasteiger partial charge on any atom is -0.335 e. The van der Waals surface area contributed by atoms with Crippen molar-refractivity contribution in [1.29, 1.82) is 0 Å². The summed E-state index contributed by atoms with van der Waals surface area (Å²) >= 11 is 1.60. The highest BCUT2D eigenvalue weighted by Crippen LogP contribution is 2.28. The van der Waals surface area contributed by atoms with E-state index in [9.17, 15) is 4.79 Å². The molecule has 4 nitrogen and oxygen atoms in total. The number of nitrogens with zero attached hydrogens (tertiary/aromatic N) is 2. The molecule has 2 aliphatic heterocycles. The van der Waals surface area contributed by atoms with Gasteiger partial charge in [0.2, 0.25) is 5.91 Å². The average molecular weight is 265 g/mol. The first-order valence-electron chi connectivity index (χ1n) is 6.73. The lowest BCUT2D eigenvalue weighted by molar-refractivity contribution is -0.133. The van der Waals surface area contributed by atoms with Crippen molar-refractivity contribution in [2.75, 3.05) is 13.1 Å². The Kier molecular flexibility index (Phi) is 3.61. The Hall–Kier alpha value is -0.940. The van der Waals surface area contributed by atoms with Crippen LogP contribution in [0, 0.1) is 0 Å². The molecule has 2 saturated heterocycles. The highest BCUT2D eigenvalue weighted by atomic mass is 32.1. The van der Waals surface area contributed by atoms with Gasteiger partial charge >= 0.3 is 0 Å². The molecule has 98 valence electrons. The first kappa shape index (κ1) is 12.1. The molecule has 18 heavy (non-hydrogen) atoms. The molecule has 1 aromatic rings. The van der Waals surface area contributed by atoms with Gasteiger partial charge in [-0.25, -0.2) is 4.98 Å². The van der Waals surface area contributed by atoms with Gasteiger partial charge in [0.05, 0.1) is 11.2 Å². The molecular formula is C13H19N3OS. The molecule has 1 aromatic heterocycles. The first-order chi connectivity index (χ1) is 8.84. The van der Waals surface area contributed by atoms with E-state index in [0.717, 1.165) is 31.6 Å². The summed E-state index contributed by atoms with van der Waals surface area (Å²) in [4.78, 5) is 18.8. The standard InChI is InChI=1S/C13H19N3OS/c17-13(4-1-10-8-18-9-15-10)16-11-2-3-12(16)7-14-6-5-11/h8-9,11-12,14H,1-7H2. The zero-order valence-electron chi connectivity index (χ0n) is 10.5. The van der Waals surface area contributed by atoms with Crippen LogP contribution in [-0.4, -0.2) is 41.0 Å². The molecule has 1 N–H and O–H groups in total. The van der Waals surface area contributed by atoms with Gasteiger partial charge in [0, 0.05) is 30.4 Å². The Bertz CT molecular complexity index is 392.